The van der Waals surface area contributed by atoms with Crippen LogP contribution < -0.4 is 9.64 Å². The number of hydrogen-bond donors (Lipinski definition) is 1. The van der Waals surface area contributed by atoms with Crippen molar-refractivity contribution in [3.63, 3.8) is 0 Å². The molecule has 1 N–H and O–H groups in total. The second-order valence-corrected chi connectivity index (χ2v) is 7.50. The molecule has 1 aliphatic rings. The standard InChI is InChI=1S/C21H25FN6O3/c1-4-30-21(29)28-7-5-27(6-8-28)19-11-17(23-12-24-19)20-14-9-18(31-13(2)3)15(22)10-16(14)25-26-20/h9-13H,4-8H2,1-3H3,(H,25,26). The van der Waals surface area contributed by atoms with Crippen LogP contribution in [0.5, 0.6) is 5.75 Å². The van der Waals surface area contributed by atoms with E-state index < -0.39 is 5.82 Å². The van der Waals surface area contributed by atoms with Crippen LogP contribution in [-0.2, 0) is 4.74 Å². The molecule has 0 saturated carbocycles. The fraction of sp³-hybridized carbons (Fsp3) is 0.429. The molecule has 0 unspecified atom stereocenters. The minimum absolute atomic E-state index is 0.152. The predicted molar refractivity (Wildman–Crippen MR) is 114 cm³/mol. The van der Waals surface area contributed by atoms with Crippen molar-refractivity contribution in [2.75, 3.05) is 37.7 Å². The zero-order chi connectivity index (χ0) is 22.0. The Morgan fingerprint density at radius 2 is 1.97 bits per heavy atom. The van der Waals surface area contributed by atoms with Gasteiger partial charge in [0.1, 0.15) is 17.8 Å². The van der Waals surface area contributed by atoms with Gasteiger partial charge in [-0.3, -0.25) is 5.10 Å². The van der Waals surface area contributed by atoms with E-state index in [1.54, 1.807) is 17.9 Å². The molecule has 3 heterocycles. The zero-order valence-electron chi connectivity index (χ0n) is 17.8. The van der Waals surface area contributed by atoms with Crippen LogP contribution in [0.1, 0.15) is 20.8 Å². The van der Waals surface area contributed by atoms with Crippen LogP contribution in [0.2, 0.25) is 0 Å². The molecule has 1 amide bonds. The van der Waals surface area contributed by atoms with Crippen molar-refractivity contribution < 1.29 is 18.7 Å². The maximum Gasteiger partial charge on any atom is 0.409 e. The summed E-state index contributed by atoms with van der Waals surface area (Å²) in [6.07, 6.45) is 1.04. The maximum atomic E-state index is 14.3. The number of benzene rings is 1. The molecule has 164 valence electrons. The van der Waals surface area contributed by atoms with Crippen molar-refractivity contribution in [3.05, 3.63) is 30.3 Å². The van der Waals surface area contributed by atoms with E-state index in [4.69, 9.17) is 9.47 Å². The first-order valence-electron chi connectivity index (χ1n) is 10.3. The summed E-state index contributed by atoms with van der Waals surface area (Å²) in [5.74, 6) is 0.471. The first-order chi connectivity index (χ1) is 15.0. The first-order valence-corrected chi connectivity index (χ1v) is 10.3. The summed E-state index contributed by atoms with van der Waals surface area (Å²) < 4.78 is 24.9. The van der Waals surface area contributed by atoms with Crippen LogP contribution in [0, 0.1) is 5.82 Å². The predicted octanol–water partition coefficient (Wildman–Crippen LogP) is 3.22. The second kappa shape index (κ2) is 8.75. The van der Waals surface area contributed by atoms with Crippen LogP contribution in [0.25, 0.3) is 22.3 Å². The highest BCUT2D eigenvalue weighted by Gasteiger charge is 2.23. The lowest BCUT2D eigenvalue weighted by Gasteiger charge is -2.34. The Bertz CT molecular complexity index is 1080. The molecule has 1 fully saturated rings. The molecule has 0 atom stereocenters. The third-order valence-corrected chi connectivity index (χ3v) is 5.00. The normalized spacial score (nSPS) is 14.4. The molecule has 3 aromatic rings. The molecular formula is C21H25FN6O3. The number of aromatic nitrogens is 4. The van der Waals surface area contributed by atoms with E-state index in [9.17, 15) is 9.18 Å². The fourth-order valence-electron chi connectivity index (χ4n) is 3.54. The van der Waals surface area contributed by atoms with E-state index in [1.165, 1.54) is 12.4 Å². The summed E-state index contributed by atoms with van der Waals surface area (Å²) in [5.41, 5.74) is 1.77. The van der Waals surface area contributed by atoms with Gasteiger partial charge in [-0.05, 0) is 26.8 Å². The van der Waals surface area contributed by atoms with E-state index >= 15 is 0 Å². The SMILES string of the molecule is CCOC(=O)N1CCN(c2cc(-c3n[nH]c4cc(F)c(OC(C)C)cc34)ncn2)CC1. The van der Waals surface area contributed by atoms with Gasteiger partial charge in [-0.2, -0.15) is 5.10 Å². The molecule has 1 aromatic carbocycles. The number of anilines is 1. The Balaban J connectivity index is 1.58. The number of ether oxygens (including phenoxy) is 2. The highest BCUT2D eigenvalue weighted by atomic mass is 19.1. The number of amides is 1. The maximum absolute atomic E-state index is 14.3. The minimum atomic E-state index is -0.445. The van der Waals surface area contributed by atoms with E-state index in [0.717, 1.165) is 5.82 Å². The van der Waals surface area contributed by atoms with Crippen LogP contribution in [0.3, 0.4) is 0 Å². The topological polar surface area (TPSA) is 96.5 Å². The molecule has 9 nitrogen and oxygen atoms in total. The highest BCUT2D eigenvalue weighted by molar-refractivity contribution is 5.93. The lowest BCUT2D eigenvalue weighted by Crippen LogP contribution is -2.49. The smallest absolute Gasteiger partial charge is 0.409 e. The first kappa shape index (κ1) is 20.8. The van der Waals surface area contributed by atoms with Gasteiger partial charge in [0.15, 0.2) is 11.6 Å². The van der Waals surface area contributed by atoms with E-state index in [2.05, 4.69) is 25.1 Å². The number of aromatic amines is 1. The lowest BCUT2D eigenvalue weighted by molar-refractivity contribution is 0.105. The number of nitrogens with one attached hydrogen (secondary N) is 1. The molecule has 0 spiro atoms. The van der Waals surface area contributed by atoms with E-state index in [0.29, 0.717) is 55.1 Å². The van der Waals surface area contributed by atoms with E-state index in [-0.39, 0.29) is 17.9 Å². The zero-order valence-corrected chi connectivity index (χ0v) is 17.8. The van der Waals surface area contributed by atoms with Crippen LogP contribution in [0.15, 0.2) is 24.5 Å². The fourth-order valence-corrected chi connectivity index (χ4v) is 3.54. The van der Waals surface area contributed by atoms with Gasteiger partial charge in [0.2, 0.25) is 0 Å². The van der Waals surface area contributed by atoms with Gasteiger partial charge in [0, 0.05) is 43.7 Å². The minimum Gasteiger partial charge on any atom is -0.488 e. The summed E-state index contributed by atoms with van der Waals surface area (Å²) >= 11 is 0. The average molecular weight is 428 g/mol. The molecule has 1 saturated heterocycles. The summed E-state index contributed by atoms with van der Waals surface area (Å²) in [6, 6.07) is 4.87. The van der Waals surface area contributed by atoms with Crippen molar-refractivity contribution in [2.24, 2.45) is 0 Å². The highest BCUT2D eigenvalue weighted by Crippen LogP contribution is 2.31. The number of nitrogens with zero attached hydrogens (tertiary/aromatic N) is 5. The van der Waals surface area contributed by atoms with E-state index in [1.807, 2.05) is 19.9 Å². The van der Waals surface area contributed by atoms with Gasteiger partial charge in [-0.1, -0.05) is 0 Å². The van der Waals surface area contributed by atoms with Gasteiger partial charge in [0.05, 0.1) is 23.9 Å². The van der Waals surface area contributed by atoms with Crippen molar-refractivity contribution >= 4 is 22.8 Å². The molecule has 1 aliphatic heterocycles. The van der Waals surface area contributed by atoms with Crippen LogP contribution in [-0.4, -0.2) is 70.0 Å². The Morgan fingerprint density at radius 1 is 1.19 bits per heavy atom. The molecule has 4 rings (SSSR count). The number of hydrogen-bond acceptors (Lipinski definition) is 7. The quantitative estimate of drug-likeness (QED) is 0.666. The monoisotopic (exact) mass is 428 g/mol. The van der Waals surface area contributed by atoms with Crippen LogP contribution >= 0.6 is 0 Å². The molecular weight excluding hydrogens is 403 g/mol. The van der Waals surface area contributed by atoms with Gasteiger partial charge < -0.3 is 19.3 Å². The van der Waals surface area contributed by atoms with Gasteiger partial charge in [-0.25, -0.2) is 19.2 Å². The van der Waals surface area contributed by atoms with Crippen molar-refractivity contribution in [1.82, 2.24) is 25.1 Å². The molecule has 10 heteroatoms. The second-order valence-electron chi connectivity index (χ2n) is 7.50. The molecule has 0 radical (unpaired) electrons. The lowest BCUT2D eigenvalue weighted by atomic mass is 10.1. The third-order valence-electron chi connectivity index (χ3n) is 5.00. The number of carbonyl (C=O) groups excluding carboxylic acids is 1. The number of fused-ring (bicyclic) bond motifs is 1. The summed E-state index contributed by atoms with van der Waals surface area (Å²) in [7, 11) is 0. The average Bonchev–Trinajstić information content (AvgIpc) is 3.16. The Labute approximate surface area is 179 Å². The van der Waals surface area contributed by atoms with Crippen LogP contribution in [0.4, 0.5) is 15.0 Å². The summed E-state index contributed by atoms with van der Waals surface area (Å²) in [4.78, 5) is 24.4. The number of halogens is 1. The Morgan fingerprint density at radius 3 is 2.68 bits per heavy atom. The summed E-state index contributed by atoms with van der Waals surface area (Å²) in [5, 5.41) is 7.92. The van der Waals surface area contributed by atoms with Gasteiger partial charge in [-0.15, -0.1) is 0 Å². The Hall–Kier alpha value is -3.43. The largest absolute Gasteiger partial charge is 0.488 e. The van der Waals surface area contributed by atoms with Crippen molar-refractivity contribution in [1.29, 1.82) is 0 Å². The molecule has 0 bridgehead atoms. The number of H-pyrrole nitrogens is 1. The van der Waals surface area contributed by atoms with Crippen molar-refractivity contribution in [2.45, 2.75) is 26.9 Å². The van der Waals surface area contributed by atoms with Crippen molar-refractivity contribution in [3.8, 4) is 17.1 Å². The molecule has 31 heavy (non-hydrogen) atoms. The third kappa shape index (κ3) is 4.37. The van der Waals surface area contributed by atoms with Gasteiger partial charge >= 0.3 is 6.09 Å². The number of rotatable bonds is 5. The molecule has 2 aromatic heterocycles. The van der Waals surface area contributed by atoms with Gasteiger partial charge in [0.25, 0.3) is 0 Å². The molecule has 0 aliphatic carbocycles. The Kier molecular flexibility index (Phi) is 5.88. The summed E-state index contributed by atoms with van der Waals surface area (Å²) in [6.45, 7) is 8.22. The number of carbonyl (C=O) groups is 1. The number of piperazine rings is 1.